The van der Waals surface area contributed by atoms with Gasteiger partial charge in [-0.2, -0.15) is 0 Å². The van der Waals surface area contributed by atoms with Crippen molar-refractivity contribution in [2.75, 3.05) is 27.7 Å². The average Bonchev–Trinajstić information content (AvgIpc) is 2.05. The van der Waals surface area contributed by atoms with Gasteiger partial charge in [-0.05, 0) is 135 Å². The van der Waals surface area contributed by atoms with E-state index in [0.717, 1.165) is 54.2 Å². The third kappa shape index (κ3) is 20.5. The maximum absolute atomic E-state index is 14.7. The molecule has 3 aliphatic rings. The molecule has 0 saturated carbocycles. The van der Waals surface area contributed by atoms with Gasteiger partial charge in [-0.1, -0.05) is 94.6 Å². The summed E-state index contributed by atoms with van der Waals surface area (Å²) in [5.41, 5.74) is 2.09. The first-order valence-corrected chi connectivity index (χ1v) is 32.8. The molecule has 1 aromatic heterocycles. The number of esters is 1. The third-order valence-corrected chi connectivity index (χ3v) is 18.0. The van der Waals surface area contributed by atoms with Crippen LogP contribution in [0.25, 0.3) is 22.3 Å². The quantitative estimate of drug-likeness (QED) is 0.0368. The van der Waals surface area contributed by atoms with E-state index in [4.69, 9.17) is 28.4 Å². The number of aliphatic hydroxyl groups is 5. The number of cyclic esters (lactones) is 1. The number of likely N-dealkylation sites (N-methyl/N-ethyl adjacent to an activating group) is 1. The number of halogens is 6. The monoisotopic (exact) mass is 1270 g/mol. The third-order valence-electron chi connectivity index (χ3n) is 17.4. The molecule has 1 amide bonds. The molecule has 0 bridgehead atoms. The molecule has 1 unspecified atom stereocenters. The molecule has 5 N–H and O–H groups in total. The molecule has 0 spiro atoms. The zero-order valence-corrected chi connectivity index (χ0v) is 54.6. The molecule has 2 aromatic carbocycles. The van der Waals surface area contributed by atoms with E-state index in [0.29, 0.717) is 12.8 Å². The number of hydrogen-bond donors (Lipinski definition) is 5. The molecule has 3 aromatic rings. The average molecular weight is 1270 g/mol. The van der Waals surface area contributed by atoms with Crippen molar-refractivity contribution in [1.29, 1.82) is 0 Å². The number of aryl methyl sites for hydroxylation is 1. The van der Waals surface area contributed by atoms with Crippen LogP contribution in [0.1, 0.15) is 139 Å². The zero-order valence-electron chi connectivity index (χ0n) is 52.3. The van der Waals surface area contributed by atoms with E-state index < -0.39 is 110 Å². The molecule has 490 valence electrons. The Morgan fingerprint density at radius 3 is 2.02 bits per heavy atom. The Morgan fingerprint density at radius 2 is 1.43 bits per heavy atom. The van der Waals surface area contributed by atoms with E-state index in [1.165, 1.54) is 25.2 Å². The van der Waals surface area contributed by atoms with Crippen molar-refractivity contribution in [3.8, 4) is 22.3 Å². The van der Waals surface area contributed by atoms with Gasteiger partial charge in [0.2, 0.25) is 5.91 Å². The predicted octanol–water partition coefficient (Wildman–Crippen LogP) is 10.7. The second-order valence-corrected chi connectivity index (χ2v) is 27.8. The molecule has 24 heteroatoms. The first kappa shape index (κ1) is 73.3. The van der Waals surface area contributed by atoms with E-state index >= 15 is 0 Å². The number of nitrogens with zero attached hydrogens (tertiary/aromatic N) is 3. The van der Waals surface area contributed by atoms with Gasteiger partial charge in [0.05, 0.1) is 53.1 Å². The molecule has 3 fully saturated rings. The summed E-state index contributed by atoms with van der Waals surface area (Å²) in [6.07, 6.45) is -2.16. The van der Waals surface area contributed by atoms with Crippen molar-refractivity contribution in [3.63, 3.8) is 0 Å². The molecule has 16 nitrogen and oxygen atoms in total. The van der Waals surface area contributed by atoms with Crippen molar-refractivity contribution < 1.29 is 88.7 Å². The Labute approximate surface area is 506 Å². The number of aromatic nitrogens is 1. The number of carbonyl (C=O) groups excluding carboxylic acids is 2. The minimum atomic E-state index is -10.7. The minimum absolute atomic E-state index is 0.0649. The van der Waals surface area contributed by atoms with Crippen LogP contribution in [0.5, 0.6) is 0 Å². The summed E-state index contributed by atoms with van der Waals surface area (Å²) in [6.45, 7) is 17.4. The number of methoxy groups -OCH3 is 1. The molecule has 3 aliphatic heterocycles. The summed E-state index contributed by atoms with van der Waals surface area (Å²) in [6, 6.07) is 20.0. The van der Waals surface area contributed by atoms with Gasteiger partial charge in [0.1, 0.15) is 30.0 Å². The van der Waals surface area contributed by atoms with Crippen LogP contribution >= 0.6 is 17.0 Å². The van der Waals surface area contributed by atoms with Gasteiger partial charge >= 0.3 is 39.0 Å². The molecular formula is C62H97F6N3O13P2. The van der Waals surface area contributed by atoms with Crippen LogP contribution in [0.3, 0.4) is 0 Å². The summed E-state index contributed by atoms with van der Waals surface area (Å²) in [7, 11) is -3.60. The topological polar surface area (TPSA) is 210 Å². The summed E-state index contributed by atoms with van der Waals surface area (Å²) < 4.78 is 97.4. The molecule has 6 rings (SSSR count). The Hall–Kier alpha value is -3.47. The second-order valence-electron chi connectivity index (χ2n) is 25.2. The van der Waals surface area contributed by atoms with Crippen molar-refractivity contribution in [2.45, 2.75) is 230 Å². The van der Waals surface area contributed by atoms with Crippen LogP contribution in [-0.2, 0) is 44.4 Å². The summed E-state index contributed by atoms with van der Waals surface area (Å²) in [4.78, 5) is 37.4. The number of aliphatic hydroxyl groups excluding tert-OH is 3. The van der Waals surface area contributed by atoms with Gasteiger partial charge in [-0.3, -0.25) is 9.59 Å². The van der Waals surface area contributed by atoms with Crippen LogP contribution in [0, 0.1) is 17.8 Å². The van der Waals surface area contributed by atoms with Crippen molar-refractivity contribution >= 4 is 34.4 Å². The van der Waals surface area contributed by atoms with Gasteiger partial charge in [-0.25, -0.2) is 4.98 Å². The number of benzene rings is 2. The first-order valence-electron chi connectivity index (χ1n) is 30.0. The van der Waals surface area contributed by atoms with Crippen LogP contribution in [-0.4, -0.2) is 170 Å². The van der Waals surface area contributed by atoms with E-state index in [2.05, 4.69) is 59.6 Å². The number of hydrogen-bond acceptors (Lipinski definition) is 15. The normalized spacial score (nSPS) is 35.3. The molecular weight excluding hydrogens is 1170 g/mol. The van der Waals surface area contributed by atoms with Gasteiger partial charge in [0, 0.05) is 53.9 Å². The summed E-state index contributed by atoms with van der Waals surface area (Å²) >= 11 is 0. The number of ether oxygens (including phenoxy) is 6. The van der Waals surface area contributed by atoms with Crippen molar-refractivity contribution in [2.24, 2.45) is 17.8 Å². The number of unbranched alkanes of at least 4 members (excludes halogenated alkanes) is 4. The van der Waals surface area contributed by atoms with Gasteiger partial charge < -0.3 is 63.8 Å². The van der Waals surface area contributed by atoms with Crippen LogP contribution in [0.2, 0.25) is 0 Å². The number of rotatable bonds is 17. The fraction of sp³-hybridized carbons (Fsp3) is 0.694. The fourth-order valence-electron chi connectivity index (χ4n) is 12.6. The fourth-order valence-corrected chi connectivity index (χ4v) is 13.1. The summed E-state index contributed by atoms with van der Waals surface area (Å²) in [5, 5.41) is 60.4. The summed E-state index contributed by atoms with van der Waals surface area (Å²) in [5.74, 6) is -3.31. The first-order chi connectivity index (χ1) is 39.7. The van der Waals surface area contributed by atoms with E-state index in [-0.39, 0.29) is 50.3 Å². The second kappa shape index (κ2) is 29.2. The molecule has 19 atom stereocenters. The zero-order chi connectivity index (χ0) is 64.6. The van der Waals surface area contributed by atoms with Crippen molar-refractivity contribution in [1.82, 2.24) is 14.8 Å². The number of amides is 1. The van der Waals surface area contributed by atoms with Gasteiger partial charge in [-0.15, -0.1) is 0 Å². The van der Waals surface area contributed by atoms with Gasteiger partial charge in [0.25, 0.3) is 0 Å². The molecule has 86 heavy (non-hydrogen) atoms. The molecule has 3 saturated heterocycles. The number of pyridine rings is 1. The van der Waals surface area contributed by atoms with E-state index in [1.807, 2.05) is 54.3 Å². The number of carbonyl (C=O) groups is 2. The van der Waals surface area contributed by atoms with Crippen LogP contribution in [0.15, 0.2) is 66.9 Å². The Morgan fingerprint density at radius 1 is 0.826 bits per heavy atom. The van der Waals surface area contributed by atoms with Crippen LogP contribution in [0.4, 0.5) is 25.2 Å². The van der Waals surface area contributed by atoms with Crippen LogP contribution < -0.4 is 5.44 Å². The molecule has 0 aliphatic carbocycles. The van der Waals surface area contributed by atoms with E-state index in [9.17, 15) is 60.3 Å². The van der Waals surface area contributed by atoms with Crippen molar-refractivity contribution in [3.05, 3.63) is 72.4 Å². The SMILES string of the molecule is CC[C@H]1OC(=O)[C@H](C)[C@@H](O[C@H]2C[C@@](C)(OC)[C@@H](O)[C@H](C)O2)[C@H](C)[C@@H](O[C@@H]2O[C@H](C)C[C@H](N(C)C)[C@H]2O)[C@](C)(O)C[C@@H](C)CN(C(=O)CCCCCCCc2ccc(-c3c(-c4ccccc4)ccnc3[PH3+])cc2)[C@H](C)[C@@H](O)[C@]1(C)O.F[P-](F)(F)(F)(F)F. The Balaban J connectivity index is 0.00000181. The standard InChI is InChI=1S/C62H96N3O13P.F6P/c1-14-48-62(10,72)54(68)41(6)65(49(66)26-22-17-15-16-19-23-43-27-29-45(30-28-43)51-46(31-32-63-57(51)79)44-24-20-18-21-25-44)36-37(2)34-60(8,71)56(78-59-52(67)47(64(11)12)33-38(3)74-59)39(4)53(40(5)58(70)76-48)77-50-35-61(9,73-13)55(69)42(7)75-50;1-7(2,3,4,5)6/h18,20-21,24-25,27-32,37-42,47-48,50,52-56,59,67-69,71-72H,14-17,19,22-23,26,33-36,79H2,1-13H3;/q;-1/p+1/t37-,38-,39+,40-,41-,42+,47+,48-,50+,52-,53+,54-,55+,56-,59+,60-,61-,62-;/m1./s1. The van der Waals surface area contributed by atoms with Gasteiger partial charge in [0.15, 0.2) is 18.0 Å². The van der Waals surface area contributed by atoms with E-state index in [1.54, 1.807) is 53.4 Å². The molecule has 0 radical (unpaired) electrons. The Bertz CT molecular complexity index is 2640. The predicted molar refractivity (Wildman–Crippen MR) is 324 cm³/mol. The Kier molecular flexibility index (Phi) is 24.9. The maximum atomic E-state index is 14.7. The molecule has 4 heterocycles.